The largest absolute Gasteiger partial charge is 0.465 e. The lowest BCUT2D eigenvalue weighted by molar-refractivity contribution is 0.0598. The molecule has 0 unspecified atom stereocenters. The number of rotatable bonds is 2. The van der Waals surface area contributed by atoms with Crippen LogP contribution in [-0.2, 0) is 4.74 Å². The van der Waals surface area contributed by atoms with Crippen LogP contribution in [0.5, 0.6) is 0 Å². The Balaban J connectivity index is 1.85. The molecular formula is C20H17ClFNO2. The maximum atomic E-state index is 13.3. The summed E-state index contributed by atoms with van der Waals surface area (Å²) in [6, 6.07) is 9.96. The summed E-state index contributed by atoms with van der Waals surface area (Å²) in [4.78, 5) is 12.2. The Morgan fingerprint density at radius 1 is 1.24 bits per heavy atom. The molecule has 5 heteroatoms. The third-order valence-electron chi connectivity index (χ3n) is 5.10. The molecule has 0 fully saturated rings. The molecule has 3 atom stereocenters. The van der Waals surface area contributed by atoms with Gasteiger partial charge < -0.3 is 10.1 Å². The van der Waals surface area contributed by atoms with Crippen molar-refractivity contribution in [2.24, 2.45) is 5.92 Å². The Kier molecular flexibility index (Phi) is 4.00. The number of fused-ring (bicyclic) bond motifs is 3. The number of hydrogen-bond acceptors (Lipinski definition) is 3. The molecule has 0 amide bonds. The maximum Gasteiger partial charge on any atom is 0.338 e. The molecule has 0 aromatic heterocycles. The highest BCUT2D eigenvalue weighted by atomic mass is 35.5. The fourth-order valence-electron chi connectivity index (χ4n) is 3.96. The molecular weight excluding hydrogens is 341 g/mol. The molecule has 4 rings (SSSR count). The molecule has 1 aliphatic heterocycles. The van der Waals surface area contributed by atoms with E-state index < -0.39 is 0 Å². The average Bonchev–Trinajstić information content (AvgIpc) is 3.11. The second kappa shape index (κ2) is 6.19. The molecule has 2 aromatic rings. The molecule has 0 bridgehead atoms. The highest BCUT2D eigenvalue weighted by Gasteiger charge is 2.40. The van der Waals surface area contributed by atoms with Gasteiger partial charge in [0, 0.05) is 5.92 Å². The van der Waals surface area contributed by atoms with E-state index in [1.165, 1.54) is 19.2 Å². The number of benzene rings is 2. The lowest BCUT2D eigenvalue weighted by atomic mass is 9.75. The Morgan fingerprint density at radius 2 is 2.00 bits per heavy atom. The number of carbonyl (C=O) groups is 1. The van der Waals surface area contributed by atoms with Crippen LogP contribution in [0.25, 0.3) is 0 Å². The molecule has 128 valence electrons. The summed E-state index contributed by atoms with van der Waals surface area (Å²) < 4.78 is 18.2. The second-order valence-corrected chi connectivity index (χ2v) is 6.81. The summed E-state index contributed by atoms with van der Waals surface area (Å²) in [5, 5.41) is 4.05. The zero-order valence-electron chi connectivity index (χ0n) is 13.6. The number of nitrogens with one attached hydrogen (secondary N) is 1. The van der Waals surface area contributed by atoms with Gasteiger partial charge in [-0.3, -0.25) is 0 Å². The van der Waals surface area contributed by atoms with E-state index in [1.807, 2.05) is 0 Å². The molecule has 2 aromatic carbocycles. The highest BCUT2D eigenvalue weighted by Crippen LogP contribution is 2.52. The number of anilines is 1. The van der Waals surface area contributed by atoms with Crippen LogP contribution in [0.15, 0.2) is 48.6 Å². The maximum absolute atomic E-state index is 13.3. The predicted octanol–water partition coefficient (Wildman–Crippen LogP) is 5.09. The fourth-order valence-corrected chi connectivity index (χ4v) is 4.18. The molecule has 0 radical (unpaired) electrons. The summed E-state index contributed by atoms with van der Waals surface area (Å²) in [6.07, 6.45) is 5.14. The first-order valence-corrected chi connectivity index (χ1v) is 8.57. The van der Waals surface area contributed by atoms with Crippen molar-refractivity contribution in [3.05, 3.63) is 76.1 Å². The van der Waals surface area contributed by atoms with Gasteiger partial charge in [-0.1, -0.05) is 35.9 Å². The van der Waals surface area contributed by atoms with Crippen LogP contribution >= 0.6 is 11.6 Å². The van der Waals surface area contributed by atoms with Crippen molar-refractivity contribution in [2.75, 3.05) is 12.4 Å². The number of methoxy groups -OCH3 is 1. The molecule has 1 aliphatic carbocycles. The number of esters is 1. The quantitative estimate of drug-likeness (QED) is 0.600. The lowest BCUT2D eigenvalue weighted by Crippen LogP contribution is -2.30. The summed E-state index contributed by atoms with van der Waals surface area (Å²) in [5.41, 5.74) is 3.18. The van der Waals surface area contributed by atoms with Crippen molar-refractivity contribution in [3.8, 4) is 0 Å². The number of carbonyl (C=O) groups excluding carboxylic acids is 1. The van der Waals surface area contributed by atoms with E-state index >= 15 is 0 Å². The molecule has 0 saturated carbocycles. The first-order valence-electron chi connectivity index (χ1n) is 8.19. The van der Waals surface area contributed by atoms with Crippen LogP contribution in [0, 0.1) is 11.7 Å². The molecule has 0 saturated heterocycles. The van der Waals surface area contributed by atoms with E-state index in [0.29, 0.717) is 10.6 Å². The Bertz CT molecular complexity index is 863. The minimum atomic E-state index is -0.367. The van der Waals surface area contributed by atoms with Gasteiger partial charge in [-0.25, -0.2) is 9.18 Å². The van der Waals surface area contributed by atoms with Gasteiger partial charge in [0.15, 0.2) is 0 Å². The topological polar surface area (TPSA) is 38.3 Å². The van der Waals surface area contributed by atoms with E-state index in [4.69, 9.17) is 16.3 Å². The van der Waals surface area contributed by atoms with Gasteiger partial charge in [0.2, 0.25) is 0 Å². The van der Waals surface area contributed by atoms with Crippen molar-refractivity contribution < 1.29 is 13.9 Å². The van der Waals surface area contributed by atoms with Crippen molar-refractivity contribution in [1.29, 1.82) is 0 Å². The number of halogens is 2. The fraction of sp³-hybridized carbons (Fsp3) is 0.250. The lowest BCUT2D eigenvalue weighted by Gasteiger charge is -2.38. The summed E-state index contributed by atoms with van der Waals surface area (Å²) >= 11 is 6.43. The molecule has 3 nitrogen and oxygen atoms in total. The minimum absolute atomic E-state index is 0.00139. The van der Waals surface area contributed by atoms with Crippen LogP contribution in [-0.4, -0.2) is 13.1 Å². The van der Waals surface area contributed by atoms with Gasteiger partial charge >= 0.3 is 5.97 Å². The van der Waals surface area contributed by atoms with Gasteiger partial charge in [-0.2, -0.15) is 0 Å². The molecule has 1 heterocycles. The van der Waals surface area contributed by atoms with Crippen LogP contribution < -0.4 is 5.32 Å². The van der Waals surface area contributed by atoms with Gasteiger partial charge in [0.1, 0.15) is 5.82 Å². The van der Waals surface area contributed by atoms with Crippen molar-refractivity contribution in [3.63, 3.8) is 0 Å². The predicted molar refractivity (Wildman–Crippen MR) is 95.5 cm³/mol. The summed E-state index contributed by atoms with van der Waals surface area (Å²) in [5.74, 6) is -0.319. The summed E-state index contributed by atoms with van der Waals surface area (Å²) in [7, 11) is 1.38. The summed E-state index contributed by atoms with van der Waals surface area (Å²) in [6.45, 7) is 0. The Labute approximate surface area is 150 Å². The second-order valence-electron chi connectivity index (χ2n) is 6.40. The SMILES string of the molecule is COC(=O)c1ccc(Cl)c2c1[C@@H]1C=CC[C@@H]1[C@H](c1ccc(F)cc1)N2. The average molecular weight is 358 g/mol. The highest BCUT2D eigenvalue weighted by molar-refractivity contribution is 6.33. The number of hydrogen-bond donors (Lipinski definition) is 1. The standard InChI is InChI=1S/C20H17ClFNO2/c1-25-20(24)15-9-10-16(21)19-17(15)13-3-2-4-14(13)18(23-19)11-5-7-12(22)8-6-11/h2-3,5-10,13-14,18,23H,4H2,1H3/t13-,14+,18+/m1/s1. The molecule has 25 heavy (non-hydrogen) atoms. The van der Waals surface area contributed by atoms with Gasteiger partial charge in [-0.15, -0.1) is 0 Å². The van der Waals surface area contributed by atoms with E-state index in [0.717, 1.165) is 23.2 Å². The zero-order valence-corrected chi connectivity index (χ0v) is 14.4. The van der Waals surface area contributed by atoms with E-state index in [1.54, 1.807) is 24.3 Å². The van der Waals surface area contributed by atoms with E-state index in [-0.39, 0.29) is 29.7 Å². The Hall–Kier alpha value is -2.33. The molecule has 2 aliphatic rings. The smallest absolute Gasteiger partial charge is 0.338 e. The van der Waals surface area contributed by atoms with Crippen LogP contribution in [0.2, 0.25) is 5.02 Å². The van der Waals surface area contributed by atoms with E-state index in [9.17, 15) is 9.18 Å². The number of allylic oxidation sites excluding steroid dienone is 2. The third-order valence-corrected chi connectivity index (χ3v) is 5.42. The van der Waals surface area contributed by atoms with Crippen LogP contribution in [0.4, 0.5) is 10.1 Å². The normalized spacial score (nSPS) is 23.6. The zero-order chi connectivity index (χ0) is 17.6. The van der Waals surface area contributed by atoms with Crippen molar-refractivity contribution in [1.82, 2.24) is 0 Å². The van der Waals surface area contributed by atoms with E-state index in [2.05, 4.69) is 17.5 Å². The molecule has 0 spiro atoms. The molecule has 1 N–H and O–H groups in total. The minimum Gasteiger partial charge on any atom is -0.465 e. The third kappa shape index (κ3) is 2.61. The van der Waals surface area contributed by atoms with Crippen LogP contribution in [0.3, 0.4) is 0 Å². The van der Waals surface area contributed by atoms with Gasteiger partial charge in [0.05, 0.1) is 29.4 Å². The first-order chi connectivity index (χ1) is 12.1. The monoisotopic (exact) mass is 357 g/mol. The van der Waals surface area contributed by atoms with Gasteiger partial charge in [0.25, 0.3) is 0 Å². The number of ether oxygens (including phenoxy) is 1. The Morgan fingerprint density at radius 3 is 2.72 bits per heavy atom. The first kappa shape index (κ1) is 16.2. The van der Waals surface area contributed by atoms with Gasteiger partial charge in [-0.05, 0) is 47.7 Å². The van der Waals surface area contributed by atoms with Crippen LogP contribution in [0.1, 0.15) is 39.9 Å². The van der Waals surface area contributed by atoms with Crippen molar-refractivity contribution >= 4 is 23.3 Å². The van der Waals surface area contributed by atoms with Crippen molar-refractivity contribution in [2.45, 2.75) is 18.4 Å².